The van der Waals surface area contributed by atoms with Gasteiger partial charge in [-0.1, -0.05) is 0 Å². The first-order chi connectivity index (χ1) is 7.08. The largest absolute Gasteiger partial charge is 0.383 e. The summed E-state index contributed by atoms with van der Waals surface area (Å²) < 4.78 is 2.61. The quantitative estimate of drug-likeness (QED) is 0.807. The molecule has 5 nitrogen and oxygen atoms in total. The van der Waals surface area contributed by atoms with E-state index in [1.54, 1.807) is 10.9 Å². The molecule has 0 radical (unpaired) electrons. The number of aromatic nitrogens is 4. The number of halogens is 1. The minimum Gasteiger partial charge on any atom is -0.383 e. The van der Waals surface area contributed by atoms with Gasteiger partial charge in [0.2, 0.25) is 0 Å². The van der Waals surface area contributed by atoms with E-state index < -0.39 is 0 Å². The van der Waals surface area contributed by atoms with Gasteiger partial charge in [0.05, 0.1) is 21.0 Å². The number of rotatable bonds is 1. The van der Waals surface area contributed by atoms with Gasteiger partial charge in [-0.3, -0.25) is 4.68 Å². The van der Waals surface area contributed by atoms with Gasteiger partial charge in [-0.05, 0) is 29.5 Å². The van der Waals surface area contributed by atoms with Crippen LogP contribution in [0, 0.1) is 10.5 Å². The molecule has 0 aliphatic rings. The van der Waals surface area contributed by atoms with Crippen LogP contribution in [0.3, 0.4) is 0 Å². The normalized spacial score (nSPS) is 10.6. The van der Waals surface area contributed by atoms with Gasteiger partial charge in [-0.15, -0.1) is 0 Å². The molecule has 0 aliphatic heterocycles. The number of anilines is 1. The highest BCUT2D eigenvalue weighted by molar-refractivity contribution is 14.1. The van der Waals surface area contributed by atoms with Crippen LogP contribution in [-0.2, 0) is 7.05 Å². The zero-order valence-electron chi connectivity index (χ0n) is 8.40. The number of hydrogen-bond donors (Lipinski definition) is 1. The molecule has 15 heavy (non-hydrogen) atoms. The third-order valence-corrected chi connectivity index (χ3v) is 3.34. The lowest BCUT2D eigenvalue weighted by molar-refractivity contribution is 0.768. The van der Waals surface area contributed by atoms with Gasteiger partial charge in [-0.25, -0.2) is 9.97 Å². The summed E-state index contributed by atoms with van der Waals surface area (Å²) in [7, 11) is 1.85. The molecule has 0 saturated carbocycles. The molecule has 0 aliphatic carbocycles. The van der Waals surface area contributed by atoms with Crippen LogP contribution in [0.5, 0.6) is 0 Å². The zero-order chi connectivity index (χ0) is 11.0. The molecule has 0 atom stereocenters. The Hall–Kier alpha value is -1.18. The average Bonchev–Trinajstić information content (AvgIpc) is 2.60. The van der Waals surface area contributed by atoms with Crippen molar-refractivity contribution in [2.24, 2.45) is 7.05 Å². The maximum atomic E-state index is 5.78. The maximum Gasteiger partial charge on any atom is 0.164 e. The van der Waals surface area contributed by atoms with Crippen molar-refractivity contribution in [3.63, 3.8) is 0 Å². The van der Waals surface area contributed by atoms with Crippen molar-refractivity contribution in [2.45, 2.75) is 6.92 Å². The Labute approximate surface area is 101 Å². The SMILES string of the molecule is Cc1nc(-c2cnn(C)c2)nc(N)c1I. The zero-order valence-corrected chi connectivity index (χ0v) is 10.6. The van der Waals surface area contributed by atoms with Gasteiger partial charge in [0.25, 0.3) is 0 Å². The van der Waals surface area contributed by atoms with Gasteiger partial charge < -0.3 is 5.73 Å². The van der Waals surface area contributed by atoms with E-state index in [9.17, 15) is 0 Å². The van der Waals surface area contributed by atoms with Gasteiger partial charge in [0.15, 0.2) is 5.82 Å². The molecule has 0 aromatic carbocycles. The molecular weight excluding hydrogens is 305 g/mol. The summed E-state index contributed by atoms with van der Waals surface area (Å²) in [6, 6.07) is 0. The number of nitrogen functional groups attached to an aromatic ring is 1. The van der Waals surface area contributed by atoms with E-state index in [-0.39, 0.29) is 0 Å². The first kappa shape index (κ1) is 10.3. The van der Waals surface area contributed by atoms with E-state index in [4.69, 9.17) is 5.73 Å². The summed E-state index contributed by atoms with van der Waals surface area (Å²) in [6.07, 6.45) is 3.59. The molecule has 0 bridgehead atoms. The van der Waals surface area contributed by atoms with Crippen LogP contribution in [0.4, 0.5) is 5.82 Å². The van der Waals surface area contributed by atoms with Crippen LogP contribution in [0.2, 0.25) is 0 Å². The fraction of sp³-hybridized carbons (Fsp3) is 0.222. The van der Waals surface area contributed by atoms with Crippen LogP contribution in [0.25, 0.3) is 11.4 Å². The molecule has 6 heteroatoms. The minimum atomic E-state index is 0.516. The standard InChI is InChI=1S/C9H10IN5/c1-5-7(10)8(11)14-9(13-5)6-3-12-15(2)4-6/h3-4H,1-2H3,(H2,11,13,14). The first-order valence-corrected chi connectivity index (χ1v) is 5.44. The average molecular weight is 315 g/mol. The van der Waals surface area contributed by atoms with Gasteiger partial charge in [-0.2, -0.15) is 5.10 Å². The Morgan fingerprint density at radius 3 is 2.67 bits per heavy atom. The van der Waals surface area contributed by atoms with Gasteiger partial charge in [0.1, 0.15) is 5.82 Å². The van der Waals surface area contributed by atoms with Crippen LogP contribution < -0.4 is 5.73 Å². The molecule has 2 rings (SSSR count). The first-order valence-electron chi connectivity index (χ1n) is 4.36. The molecule has 2 N–H and O–H groups in total. The molecule has 2 aromatic heterocycles. The topological polar surface area (TPSA) is 69.6 Å². The van der Waals surface area contributed by atoms with Crippen LogP contribution in [0.15, 0.2) is 12.4 Å². The van der Waals surface area contributed by atoms with Gasteiger partial charge >= 0.3 is 0 Å². The Morgan fingerprint density at radius 1 is 1.40 bits per heavy atom. The summed E-state index contributed by atoms with van der Waals surface area (Å²) in [5.74, 6) is 1.14. The molecule has 0 saturated heterocycles. The van der Waals surface area contributed by atoms with E-state index in [0.29, 0.717) is 11.6 Å². The van der Waals surface area contributed by atoms with E-state index in [0.717, 1.165) is 14.8 Å². The van der Waals surface area contributed by atoms with Crippen molar-refractivity contribution in [2.75, 3.05) is 5.73 Å². The highest BCUT2D eigenvalue weighted by atomic mass is 127. The van der Waals surface area contributed by atoms with Crippen LogP contribution in [-0.4, -0.2) is 19.7 Å². The van der Waals surface area contributed by atoms with Crippen molar-refractivity contribution < 1.29 is 0 Å². The molecule has 2 aromatic rings. The molecule has 0 fully saturated rings. The molecular formula is C9H10IN5. The number of hydrogen-bond acceptors (Lipinski definition) is 4. The predicted octanol–water partition coefficient (Wildman–Crippen LogP) is 1.37. The second-order valence-electron chi connectivity index (χ2n) is 3.23. The highest BCUT2D eigenvalue weighted by Gasteiger charge is 2.09. The Morgan fingerprint density at radius 2 is 2.13 bits per heavy atom. The predicted molar refractivity (Wildman–Crippen MR) is 66.1 cm³/mol. The summed E-state index contributed by atoms with van der Waals surface area (Å²) in [5.41, 5.74) is 7.55. The van der Waals surface area contributed by atoms with Gasteiger partial charge in [0, 0.05) is 13.2 Å². The maximum absolute atomic E-state index is 5.78. The monoisotopic (exact) mass is 315 g/mol. The fourth-order valence-electron chi connectivity index (χ4n) is 1.25. The third-order valence-electron chi connectivity index (χ3n) is 2.01. The van der Waals surface area contributed by atoms with Crippen molar-refractivity contribution >= 4 is 28.4 Å². The lowest BCUT2D eigenvalue weighted by Crippen LogP contribution is -2.01. The van der Waals surface area contributed by atoms with E-state index in [1.807, 2.05) is 20.2 Å². The smallest absolute Gasteiger partial charge is 0.164 e. The van der Waals surface area contributed by atoms with Crippen molar-refractivity contribution in [3.05, 3.63) is 21.7 Å². The minimum absolute atomic E-state index is 0.516. The number of nitrogens with two attached hydrogens (primary N) is 1. The fourth-order valence-corrected chi connectivity index (χ4v) is 1.49. The summed E-state index contributed by atoms with van der Waals surface area (Å²) >= 11 is 2.14. The molecule has 2 heterocycles. The van der Waals surface area contributed by atoms with E-state index in [2.05, 4.69) is 37.7 Å². The Bertz CT molecular complexity index is 482. The molecule has 0 unspecified atom stereocenters. The molecule has 78 valence electrons. The molecule has 0 spiro atoms. The second kappa shape index (κ2) is 3.76. The van der Waals surface area contributed by atoms with Crippen LogP contribution in [0.1, 0.15) is 5.69 Å². The third kappa shape index (κ3) is 1.94. The van der Waals surface area contributed by atoms with Crippen molar-refractivity contribution in [1.29, 1.82) is 0 Å². The van der Waals surface area contributed by atoms with Crippen molar-refractivity contribution in [3.8, 4) is 11.4 Å². The number of aryl methyl sites for hydroxylation is 2. The van der Waals surface area contributed by atoms with E-state index in [1.165, 1.54) is 0 Å². The lowest BCUT2D eigenvalue weighted by atomic mass is 10.3. The van der Waals surface area contributed by atoms with Crippen LogP contribution >= 0.6 is 22.6 Å². The molecule has 0 amide bonds. The number of nitrogens with zero attached hydrogens (tertiary/aromatic N) is 4. The summed E-state index contributed by atoms with van der Waals surface area (Å²) in [6.45, 7) is 1.92. The Kier molecular flexibility index (Phi) is 2.59. The van der Waals surface area contributed by atoms with E-state index >= 15 is 0 Å². The Balaban J connectivity index is 2.55. The lowest BCUT2D eigenvalue weighted by Gasteiger charge is -2.03. The second-order valence-corrected chi connectivity index (χ2v) is 4.31. The van der Waals surface area contributed by atoms with Crippen molar-refractivity contribution in [1.82, 2.24) is 19.7 Å². The highest BCUT2D eigenvalue weighted by Crippen LogP contribution is 2.20. The summed E-state index contributed by atoms with van der Waals surface area (Å²) in [5, 5.41) is 4.07. The summed E-state index contributed by atoms with van der Waals surface area (Å²) in [4.78, 5) is 8.59.